The van der Waals surface area contributed by atoms with E-state index in [2.05, 4.69) is 12.6 Å². The van der Waals surface area contributed by atoms with Crippen LogP contribution in [-0.4, -0.2) is 5.11 Å². The topological polar surface area (TPSA) is 20.2 Å². The summed E-state index contributed by atoms with van der Waals surface area (Å²) in [6, 6.07) is 3.83. The minimum absolute atomic E-state index is 0.442. The Kier molecular flexibility index (Phi) is 3.04. The van der Waals surface area contributed by atoms with E-state index in [-0.39, 0.29) is 0 Å². The van der Waals surface area contributed by atoms with Crippen LogP contribution < -0.4 is 0 Å². The quantitative estimate of drug-likeness (QED) is 0.674. The molecule has 0 saturated carbocycles. The number of aryl methyl sites for hydroxylation is 2. The highest BCUT2D eigenvalue weighted by Crippen LogP contribution is 2.26. The SMILES string of the molecule is CCc1cc(S)cc(CC)c1O. The van der Waals surface area contributed by atoms with Crippen LogP contribution in [0.4, 0.5) is 0 Å². The van der Waals surface area contributed by atoms with Crippen LogP contribution in [0.2, 0.25) is 0 Å². The Balaban J connectivity index is 3.22. The van der Waals surface area contributed by atoms with Gasteiger partial charge >= 0.3 is 0 Å². The molecule has 1 N–H and O–H groups in total. The maximum atomic E-state index is 9.68. The molecule has 0 amide bonds. The Labute approximate surface area is 78.8 Å². The number of rotatable bonds is 2. The molecule has 1 nitrogen and oxygen atoms in total. The van der Waals surface area contributed by atoms with Crippen LogP contribution in [0.3, 0.4) is 0 Å². The van der Waals surface area contributed by atoms with Crippen molar-refractivity contribution in [3.8, 4) is 5.75 Å². The second kappa shape index (κ2) is 3.85. The first-order valence-electron chi connectivity index (χ1n) is 4.22. The van der Waals surface area contributed by atoms with E-state index in [0.717, 1.165) is 28.9 Å². The summed E-state index contributed by atoms with van der Waals surface area (Å²) >= 11 is 4.27. The lowest BCUT2D eigenvalue weighted by molar-refractivity contribution is 0.461. The highest BCUT2D eigenvalue weighted by molar-refractivity contribution is 7.80. The molecule has 0 spiro atoms. The smallest absolute Gasteiger partial charge is 0.122 e. The van der Waals surface area contributed by atoms with Gasteiger partial charge in [0.25, 0.3) is 0 Å². The molecule has 1 rings (SSSR count). The molecule has 2 heteroatoms. The second-order valence-electron chi connectivity index (χ2n) is 2.82. The Morgan fingerprint density at radius 3 is 1.92 bits per heavy atom. The molecule has 0 heterocycles. The Morgan fingerprint density at radius 2 is 1.58 bits per heavy atom. The van der Waals surface area contributed by atoms with Crippen molar-refractivity contribution in [3.05, 3.63) is 23.3 Å². The third kappa shape index (κ3) is 1.75. The molecule has 0 aliphatic carbocycles. The number of phenolic OH excluding ortho intramolecular Hbond substituents is 1. The molecule has 66 valence electrons. The summed E-state index contributed by atoms with van der Waals surface area (Å²) < 4.78 is 0. The molecule has 0 aromatic heterocycles. The summed E-state index contributed by atoms with van der Waals surface area (Å²) in [5.74, 6) is 0.442. The van der Waals surface area contributed by atoms with Crippen LogP contribution in [0.15, 0.2) is 17.0 Å². The predicted molar refractivity (Wildman–Crippen MR) is 54.1 cm³/mol. The van der Waals surface area contributed by atoms with Crippen molar-refractivity contribution in [2.24, 2.45) is 0 Å². The van der Waals surface area contributed by atoms with Crippen molar-refractivity contribution < 1.29 is 5.11 Å². The monoisotopic (exact) mass is 182 g/mol. The van der Waals surface area contributed by atoms with E-state index in [4.69, 9.17) is 0 Å². The Bertz CT molecular complexity index is 256. The van der Waals surface area contributed by atoms with E-state index in [9.17, 15) is 5.11 Å². The van der Waals surface area contributed by atoms with Crippen LogP contribution in [0.1, 0.15) is 25.0 Å². The fourth-order valence-corrected chi connectivity index (χ4v) is 1.59. The number of hydrogen-bond acceptors (Lipinski definition) is 2. The molecule has 0 aliphatic heterocycles. The third-order valence-corrected chi connectivity index (χ3v) is 2.27. The molecule has 1 aromatic rings. The van der Waals surface area contributed by atoms with Crippen molar-refractivity contribution in [2.75, 3.05) is 0 Å². The summed E-state index contributed by atoms with van der Waals surface area (Å²) in [5.41, 5.74) is 1.97. The lowest BCUT2D eigenvalue weighted by Crippen LogP contribution is -1.88. The van der Waals surface area contributed by atoms with Crippen LogP contribution in [0.5, 0.6) is 5.75 Å². The lowest BCUT2D eigenvalue weighted by Gasteiger charge is -2.07. The van der Waals surface area contributed by atoms with Gasteiger partial charge in [0.2, 0.25) is 0 Å². The minimum Gasteiger partial charge on any atom is -0.507 e. The molecule has 0 radical (unpaired) electrons. The summed E-state index contributed by atoms with van der Waals surface area (Å²) in [4.78, 5) is 0.932. The molecular formula is C10H14OS. The van der Waals surface area contributed by atoms with Crippen molar-refractivity contribution in [1.29, 1.82) is 0 Å². The van der Waals surface area contributed by atoms with Gasteiger partial charge in [-0.15, -0.1) is 12.6 Å². The van der Waals surface area contributed by atoms with Gasteiger partial charge in [-0.05, 0) is 36.1 Å². The minimum atomic E-state index is 0.442. The van der Waals surface area contributed by atoms with E-state index in [0.29, 0.717) is 5.75 Å². The fraction of sp³-hybridized carbons (Fsp3) is 0.400. The molecular weight excluding hydrogens is 168 g/mol. The number of phenols is 1. The van der Waals surface area contributed by atoms with E-state index >= 15 is 0 Å². The predicted octanol–water partition coefficient (Wildman–Crippen LogP) is 2.81. The number of thiol groups is 1. The normalized spacial score (nSPS) is 10.2. The highest BCUT2D eigenvalue weighted by Gasteiger charge is 2.05. The van der Waals surface area contributed by atoms with Gasteiger partial charge in [0, 0.05) is 4.90 Å². The van der Waals surface area contributed by atoms with Gasteiger partial charge in [-0.3, -0.25) is 0 Å². The van der Waals surface area contributed by atoms with Gasteiger partial charge in [0.1, 0.15) is 5.75 Å². The zero-order valence-electron chi connectivity index (χ0n) is 7.46. The number of hydrogen-bond donors (Lipinski definition) is 2. The maximum Gasteiger partial charge on any atom is 0.122 e. The Hall–Kier alpha value is -0.630. The van der Waals surface area contributed by atoms with Gasteiger partial charge in [-0.2, -0.15) is 0 Å². The summed E-state index contributed by atoms with van der Waals surface area (Å²) in [5, 5.41) is 9.68. The van der Waals surface area contributed by atoms with Gasteiger partial charge in [-0.1, -0.05) is 13.8 Å². The zero-order valence-corrected chi connectivity index (χ0v) is 8.36. The first kappa shape index (κ1) is 9.46. The van der Waals surface area contributed by atoms with Gasteiger partial charge in [0.15, 0.2) is 0 Å². The van der Waals surface area contributed by atoms with Gasteiger partial charge < -0.3 is 5.11 Å². The molecule has 0 fully saturated rings. The van der Waals surface area contributed by atoms with Crippen LogP contribution >= 0.6 is 12.6 Å². The van der Waals surface area contributed by atoms with Gasteiger partial charge in [-0.25, -0.2) is 0 Å². The lowest BCUT2D eigenvalue weighted by atomic mass is 10.1. The first-order chi connectivity index (χ1) is 5.69. The van der Waals surface area contributed by atoms with E-state index in [1.807, 2.05) is 26.0 Å². The molecule has 0 bridgehead atoms. The van der Waals surface area contributed by atoms with E-state index in [1.165, 1.54) is 0 Å². The van der Waals surface area contributed by atoms with Crippen molar-refractivity contribution in [3.63, 3.8) is 0 Å². The van der Waals surface area contributed by atoms with Crippen LogP contribution in [-0.2, 0) is 12.8 Å². The van der Waals surface area contributed by atoms with Gasteiger partial charge in [0.05, 0.1) is 0 Å². The van der Waals surface area contributed by atoms with Crippen molar-refractivity contribution >= 4 is 12.6 Å². The molecule has 12 heavy (non-hydrogen) atoms. The van der Waals surface area contributed by atoms with E-state index < -0.39 is 0 Å². The van der Waals surface area contributed by atoms with Crippen molar-refractivity contribution in [2.45, 2.75) is 31.6 Å². The molecule has 0 aliphatic rings. The number of aromatic hydroxyl groups is 1. The van der Waals surface area contributed by atoms with Crippen molar-refractivity contribution in [1.82, 2.24) is 0 Å². The molecule has 0 unspecified atom stereocenters. The summed E-state index contributed by atoms with van der Waals surface area (Å²) in [6.45, 7) is 4.06. The summed E-state index contributed by atoms with van der Waals surface area (Å²) in [6.07, 6.45) is 1.71. The van der Waals surface area contributed by atoms with E-state index in [1.54, 1.807) is 0 Å². The molecule has 0 saturated heterocycles. The maximum absolute atomic E-state index is 9.68. The summed E-state index contributed by atoms with van der Waals surface area (Å²) in [7, 11) is 0. The third-order valence-electron chi connectivity index (χ3n) is 2.01. The average molecular weight is 182 g/mol. The second-order valence-corrected chi connectivity index (χ2v) is 3.34. The highest BCUT2D eigenvalue weighted by atomic mass is 32.1. The molecule has 0 atom stereocenters. The molecule has 1 aromatic carbocycles. The average Bonchev–Trinajstić information content (AvgIpc) is 2.08. The standard InChI is InChI=1S/C10H14OS/c1-3-7-5-9(12)6-8(4-2)10(7)11/h5-6,11-12H,3-4H2,1-2H3. The fourth-order valence-electron chi connectivity index (χ4n) is 1.28. The van der Waals surface area contributed by atoms with Crippen LogP contribution in [0, 0.1) is 0 Å². The number of benzene rings is 1. The largest absolute Gasteiger partial charge is 0.507 e. The Morgan fingerprint density at radius 1 is 1.17 bits per heavy atom. The first-order valence-corrected chi connectivity index (χ1v) is 4.67. The van der Waals surface area contributed by atoms with Crippen LogP contribution in [0.25, 0.3) is 0 Å². The zero-order chi connectivity index (χ0) is 9.14.